The summed E-state index contributed by atoms with van der Waals surface area (Å²) in [5.74, 6) is 0.903. The average Bonchev–Trinajstić information content (AvgIpc) is 3.98. The van der Waals surface area contributed by atoms with E-state index in [9.17, 15) is 14.4 Å². The third-order valence-electron chi connectivity index (χ3n) is 10.8. The Kier molecular flexibility index (Phi) is 11.2. The molecule has 16 heteroatoms. The van der Waals surface area contributed by atoms with Crippen LogP contribution in [0, 0.1) is 20.8 Å². The lowest BCUT2D eigenvalue weighted by Gasteiger charge is -2.23. The molecule has 16 nitrogen and oxygen atoms in total. The molecule has 0 atom stereocenters. The molecular formula is C43H51N11O5. The van der Waals surface area contributed by atoms with Crippen LogP contribution in [0.15, 0.2) is 48.6 Å². The van der Waals surface area contributed by atoms with Crippen molar-refractivity contribution >= 4 is 51.7 Å². The first kappa shape index (κ1) is 39.4. The topological polar surface area (TPSA) is 177 Å². The molecule has 59 heavy (non-hydrogen) atoms. The Hall–Kier alpha value is -6.45. The number of benzene rings is 2. The van der Waals surface area contributed by atoms with Gasteiger partial charge in [-0.2, -0.15) is 10.2 Å². The van der Waals surface area contributed by atoms with E-state index in [1.54, 1.807) is 33.6 Å². The summed E-state index contributed by atoms with van der Waals surface area (Å²) in [4.78, 5) is 51.0. The molecule has 0 bridgehead atoms. The summed E-state index contributed by atoms with van der Waals surface area (Å²) in [7, 11) is 0. The second-order valence-electron chi connectivity index (χ2n) is 15.3. The first-order valence-corrected chi connectivity index (χ1v) is 20.6. The van der Waals surface area contributed by atoms with Crippen molar-refractivity contribution < 1.29 is 23.9 Å². The van der Waals surface area contributed by atoms with Crippen LogP contribution < -0.4 is 25.4 Å². The second-order valence-corrected chi connectivity index (χ2v) is 15.3. The Morgan fingerprint density at radius 1 is 0.661 bits per heavy atom. The number of hydrogen-bond acceptors (Lipinski definition) is 9. The second kappa shape index (κ2) is 16.8. The molecule has 0 radical (unpaired) electrons. The molecular weight excluding hydrogens is 751 g/mol. The maximum absolute atomic E-state index is 13.8. The number of ether oxygens (including phenoxy) is 2. The Morgan fingerprint density at radius 3 is 1.73 bits per heavy atom. The number of allylic oxidation sites excluding steroid dienone is 2. The molecule has 3 amide bonds. The van der Waals surface area contributed by atoms with Gasteiger partial charge in [0.25, 0.3) is 17.7 Å². The van der Waals surface area contributed by atoms with Crippen molar-refractivity contribution in [2.75, 3.05) is 23.8 Å². The fraction of sp³-hybridized carbons (Fsp3) is 0.419. The van der Waals surface area contributed by atoms with Crippen molar-refractivity contribution in [3.63, 3.8) is 0 Å². The zero-order valence-corrected chi connectivity index (χ0v) is 34.3. The number of nitrogens with one attached hydrogen (secondary N) is 3. The highest BCUT2D eigenvalue weighted by molar-refractivity contribution is 6.05. The summed E-state index contributed by atoms with van der Waals surface area (Å²) < 4.78 is 20.1. The molecule has 1 fully saturated rings. The quantitative estimate of drug-likeness (QED) is 0.141. The van der Waals surface area contributed by atoms with Crippen molar-refractivity contribution in [1.29, 1.82) is 0 Å². The molecule has 1 aliphatic carbocycles. The molecule has 4 aromatic heterocycles. The Labute approximate surface area is 342 Å². The maximum Gasteiger partial charge on any atom is 0.276 e. The van der Waals surface area contributed by atoms with Crippen molar-refractivity contribution in [2.24, 2.45) is 0 Å². The highest BCUT2D eigenvalue weighted by Gasteiger charge is 2.25. The van der Waals surface area contributed by atoms with Gasteiger partial charge in [0.2, 0.25) is 11.9 Å². The minimum Gasteiger partial charge on any atom is -0.491 e. The molecule has 308 valence electrons. The van der Waals surface area contributed by atoms with Crippen molar-refractivity contribution in [3.05, 3.63) is 82.5 Å². The van der Waals surface area contributed by atoms with E-state index in [-0.39, 0.29) is 36.9 Å². The minimum atomic E-state index is -0.360. The standard InChI is InChI=1S/C43H51N11O5/c1-6-53-33(22-27(4)49-53)40(56)47-42-45-31-20-26(3)21-35-37(31)51(42)16-11-12-17-52-38-32(46-43(52)48-41(57)34-23-28(5)50-54(34)7-2)24-29(25-36(38)59-19-13-18-58-35)39(55)44-30-14-9-8-10-15-30/h11-12,20-25,30H,6-10,13-19H2,1-5H3,(H,44,55)(H,45,47,56)(H,46,48,57)/b12-11+. The van der Waals surface area contributed by atoms with E-state index in [0.717, 1.165) is 48.2 Å². The number of nitrogens with zero attached hydrogens (tertiary/aromatic N) is 8. The molecule has 2 aromatic carbocycles. The predicted molar refractivity (Wildman–Crippen MR) is 224 cm³/mol. The molecule has 1 aliphatic heterocycles. The number of carbonyl (C=O) groups is 3. The number of rotatable bonds is 8. The fourth-order valence-electron chi connectivity index (χ4n) is 8.06. The molecule has 1 saturated carbocycles. The normalized spacial score (nSPS) is 15.5. The summed E-state index contributed by atoms with van der Waals surface area (Å²) in [6.07, 6.45) is 9.72. The zero-order chi connectivity index (χ0) is 41.2. The van der Waals surface area contributed by atoms with Crippen LogP contribution in [0.2, 0.25) is 0 Å². The average molecular weight is 802 g/mol. The van der Waals surface area contributed by atoms with Crippen LogP contribution in [0.25, 0.3) is 22.1 Å². The molecule has 0 saturated heterocycles. The molecule has 8 rings (SSSR count). The van der Waals surface area contributed by atoms with Crippen LogP contribution in [0.5, 0.6) is 11.5 Å². The van der Waals surface area contributed by atoms with Gasteiger partial charge >= 0.3 is 0 Å². The monoisotopic (exact) mass is 801 g/mol. The van der Waals surface area contributed by atoms with E-state index in [1.165, 1.54) is 6.42 Å². The van der Waals surface area contributed by atoms with E-state index in [1.807, 2.05) is 68.0 Å². The van der Waals surface area contributed by atoms with Gasteiger partial charge in [0.05, 0.1) is 35.6 Å². The fourth-order valence-corrected chi connectivity index (χ4v) is 8.06. The van der Waals surface area contributed by atoms with E-state index >= 15 is 0 Å². The first-order chi connectivity index (χ1) is 28.6. The molecule has 2 aliphatic rings. The summed E-state index contributed by atoms with van der Waals surface area (Å²) in [5, 5.41) is 18.2. The van der Waals surface area contributed by atoms with Gasteiger partial charge in [0, 0.05) is 44.2 Å². The molecule has 5 heterocycles. The SMILES string of the molecule is CCn1nc(C)cc1C(=O)Nc1nc2cc(C)cc3c2n1C/C=C/Cn1c(NC(=O)c2cc(C)nn2CC)nc2cc(C(=O)NC4CCCCC4)cc(c21)OCCCO3. The van der Waals surface area contributed by atoms with Gasteiger partial charge in [0.1, 0.15) is 33.9 Å². The van der Waals surface area contributed by atoms with E-state index in [2.05, 4.69) is 26.1 Å². The number of carbonyl (C=O) groups excluding carboxylic acids is 3. The summed E-state index contributed by atoms with van der Waals surface area (Å²) in [6.45, 7) is 11.8. The lowest BCUT2D eigenvalue weighted by Crippen LogP contribution is -2.36. The number of amides is 3. The number of hydrogen-bond donors (Lipinski definition) is 3. The third-order valence-corrected chi connectivity index (χ3v) is 10.8. The van der Waals surface area contributed by atoms with Crippen LogP contribution in [0.4, 0.5) is 11.9 Å². The van der Waals surface area contributed by atoms with Gasteiger partial charge in [0.15, 0.2) is 0 Å². The van der Waals surface area contributed by atoms with Crippen LogP contribution in [-0.2, 0) is 26.2 Å². The van der Waals surface area contributed by atoms with Crippen molar-refractivity contribution in [1.82, 2.24) is 44.0 Å². The Balaban J connectivity index is 1.18. The van der Waals surface area contributed by atoms with E-state index < -0.39 is 0 Å². The van der Waals surface area contributed by atoms with Crippen LogP contribution >= 0.6 is 0 Å². The first-order valence-electron chi connectivity index (χ1n) is 20.6. The van der Waals surface area contributed by atoms with Crippen LogP contribution in [-0.4, -0.2) is 75.6 Å². The summed E-state index contributed by atoms with van der Waals surface area (Å²) in [5.41, 5.74) is 6.28. The highest BCUT2D eigenvalue weighted by Crippen LogP contribution is 2.34. The van der Waals surface area contributed by atoms with E-state index in [4.69, 9.17) is 19.4 Å². The van der Waals surface area contributed by atoms with Crippen LogP contribution in [0.3, 0.4) is 0 Å². The molecule has 0 spiro atoms. The van der Waals surface area contributed by atoms with Crippen molar-refractivity contribution in [3.8, 4) is 11.5 Å². The summed E-state index contributed by atoms with van der Waals surface area (Å²) >= 11 is 0. The highest BCUT2D eigenvalue weighted by atomic mass is 16.5. The number of aryl methyl sites for hydroxylation is 5. The lowest BCUT2D eigenvalue weighted by atomic mass is 9.95. The predicted octanol–water partition coefficient (Wildman–Crippen LogP) is 6.73. The van der Waals surface area contributed by atoms with Crippen molar-refractivity contribution in [2.45, 2.75) is 105 Å². The lowest BCUT2D eigenvalue weighted by molar-refractivity contribution is 0.0926. The zero-order valence-electron chi connectivity index (χ0n) is 34.3. The van der Waals surface area contributed by atoms with Crippen LogP contribution in [0.1, 0.15) is 101 Å². The smallest absolute Gasteiger partial charge is 0.276 e. The van der Waals surface area contributed by atoms with Gasteiger partial charge in [-0.15, -0.1) is 0 Å². The number of imidazole rings is 2. The van der Waals surface area contributed by atoms with Gasteiger partial charge in [-0.1, -0.05) is 31.4 Å². The summed E-state index contributed by atoms with van der Waals surface area (Å²) in [6, 6.07) is 11.1. The Bertz CT molecular complexity index is 2590. The molecule has 6 aromatic rings. The molecule has 3 N–H and O–H groups in total. The van der Waals surface area contributed by atoms with Gasteiger partial charge < -0.3 is 23.9 Å². The van der Waals surface area contributed by atoms with Gasteiger partial charge in [-0.25, -0.2) is 9.97 Å². The number of anilines is 2. The van der Waals surface area contributed by atoms with Gasteiger partial charge in [-0.3, -0.25) is 34.4 Å². The number of aromatic nitrogens is 8. The van der Waals surface area contributed by atoms with Gasteiger partial charge in [-0.05, 0) is 89.4 Å². The Morgan fingerprint density at radius 2 is 1.19 bits per heavy atom. The molecule has 0 unspecified atom stereocenters. The largest absolute Gasteiger partial charge is 0.491 e. The third kappa shape index (κ3) is 8.16. The maximum atomic E-state index is 13.8. The minimum absolute atomic E-state index is 0.119. The van der Waals surface area contributed by atoms with E-state index in [0.29, 0.717) is 89.6 Å².